The Bertz CT molecular complexity index is 617. The Morgan fingerprint density at radius 2 is 2.11 bits per heavy atom. The van der Waals surface area contributed by atoms with E-state index in [0.717, 1.165) is 11.3 Å². The Morgan fingerprint density at radius 3 is 2.78 bits per heavy atom. The van der Waals surface area contributed by atoms with E-state index in [0.29, 0.717) is 17.7 Å². The zero-order valence-corrected chi connectivity index (χ0v) is 10.3. The Kier molecular flexibility index (Phi) is 3.48. The van der Waals surface area contributed by atoms with E-state index in [1.807, 2.05) is 25.1 Å². The third-order valence-electron chi connectivity index (χ3n) is 2.89. The molecular formula is C14H16N2O2. The van der Waals surface area contributed by atoms with Crippen molar-refractivity contribution >= 4 is 5.69 Å². The molecule has 4 nitrogen and oxygen atoms in total. The number of aromatic nitrogens is 1. The van der Waals surface area contributed by atoms with Gasteiger partial charge in [-0.3, -0.25) is 9.36 Å². The smallest absolute Gasteiger partial charge is 0.258 e. The normalized spacial score (nSPS) is 10.6. The van der Waals surface area contributed by atoms with E-state index in [2.05, 4.69) is 0 Å². The van der Waals surface area contributed by atoms with Gasteiger partial charge in [0.1, 0.15) is 0 Å². The van der Waals surface area contributed by atoms with Crippen molar-refractivity contribution < 1.29 is 5.11 Å². The molecule has 1 heterocycles. The molecule has 94 valence electrons. The minimum absolute atomic E-state index is 0.0278. The fraction of sp³-hybridized carbons (Fsp3) is 0.214. The van der Waals surface area contributed by atoms with Crippen LogP contribution in [0.2, 0.25) is 0 Å². The molecule has 0 spiro atoms. The van der Waals surface area contributed by atoms with Crippen LogP contribution in [0.1, 0.15) is 11.1 Å². The maximum Gasteiger partial charge on any atom is 0.258 e. The molecule has 0 unspecified atom stereocenters. The monoisotopic (exact) mass is 244 g/mol. The highest BCUT2D eigenvalue weighted by Crippen LogP contribution is 2.15. The minimum Gasteiger partial charge on any atom is -0.399 e. The number of rotatable bonds is 3. The molecule has 0 amide bonds. The molecule has 0 bridgehead atoms. The summed E-state index contributed by atoms with van der Waals surface area (Å²) in [6, 6.07) is 8.98. The van der Waals surface area contributed by atoms with Crippen LogP contribution in [0, 0.1) is 6.92 Å². The summed E-state index contributed by atoms with van der Waals surface area (Å²) < 4.78 is 1.58. The average molecular weight is 244 g/mol. The zero-order valence-electron chi connectivity index (χ0n) is 10.3. The summed E-state index contributed by atoms with van der Waals surface area (Å²) in [6.07, 6.45) is 2.09. The highest BCUT2D eigenvalue weighted by Gasteiger charge is 2.06. The van der Waals surface area contributed by atoms with Crippen LogP contribution in [0.15, 0.2) is 41.3 Å². The van der Waals surface area contributed by atoms with Crippen molar-refractivity contribution in [1.82, 2.24) is 4.57 Å². The SMILES string of the molecule is Cc1cc(N)ccc1-n1cccc(CCO)c1=O. The molecule has 4 heteroatoms. The number of anilines is 1. The minimum atomic E-state index is -0.0978. The summed E-state index contributed by atoms with van der Waals surface area (Å²) in [6.45, 7) is 1.89. The van der Waals surface area contributed by atoms with Crippen LogP contribution < -0.4 is 11.3 Å². The van der Waals surface area contributed by atoms with E-state index in [1.54, 1.807) is 22.9 Å². The lowest BCUT2D eigenvalue weighted by Crippen LogP contribution is -2.22. The van der Waals surface area contributed by atoms with Crippen molar-refractivity contribution in [3.05, 3.63) is 58.0 Å². The summed E-state index contributed by atoms with van der Waals surface area (Å²) in [5.74, 6) is 0. The summed E-state index contributed by atoms with van der Waals surface area (Å²) in [7, 11) is 0. The van der Waals surface area contributed by atoms with Crippen molar-refractivity contribution in [3.63, 3.8) is 0 Å². The number of hydrogen-bond donors (Lipinski definition) is 2. The number of hydrogen-bond acceptors (Lipinski definition) is 3. The number of pyridine rings is 1. The summed E-state index contributed by atoms with van der Waals surface area (Å²) in [4.78, 5) is 12.2. The molecule has 0 aliphatic heterocycles. The highest BCUT2D eigenvalue weighted by molar-refractivity contribution is 5.51. The molecule has 0 atom stereocenters. The van der Waals surface area contributed by atoms with Crippen molar-refractivity contribution in [1.29, 1.82) is 0 Å². The lowest BCUT2D eigenvalue weighted by molar-refractivity contribution is 0.299. The zero-order chi connectivity index (χ0) is 13.1. The van der Waals surface area contributed by atoms with Gasteiger partial charge in [0.25, 0.3) is 5.56 Å². The van der Waals surface area contributed by atoms with Gasteiger partial charge in [-0.2, -0.15) is 0 Å². The maximum atomic E-state index is 12.2. The largest absolute Gasteiger partial charge is 0.399 e. The van der Waals surface area contributed by atoms with Crippen LogP contribution in [0.3, 0.4) is 0 Å². The lowest BCUT2D eigenvalue weighted by atomic mass is 10.1. The number of benzene rings is 1. The second-order valence-electron chi connectivity index (χ2n) is 4.23. The first kappa shape index (κ1) is 12.4. The third-order valence-corrected chi connectivity index (χ3v) is 2.89. The summed E-state index contributed by atoms with van der Waals surface area (Å²) in [5.41, 5.74) is 8.64. The Hall–Kier alpha value is -2.07. The first-order valence-electron chi connectivity index (χ1n) is 5.81. The molecule has 0 saturated carbocycles. The number of nitrogens with zero attached hydrogens (tertiary/aromatic N) is 1. The van der Waals surface area contributed by atoms with Crippen LogP contribution in [-0.2, 0) is 6.42 Å². The quantitative estimate of drug-likeness (QED) is 0.799. The molecule has 3 N–H and O–H groups in total. The Morgan fingerprint density at radius 1 is 1.33 bits per heavy atom. The van der Waals surface area contributed by atoms with Gasteiger partial charge in [-0.25, -0.2) is 0 Å². The van der Waals surface area contributed by atoms with Gasteiger partial charge in [-0.1, -0.05) is 6.07 Å². The molecule has 0 saturated heterocycles. The molecule has 1 aromatic heterocycles. The van der Waals surface area contributed by atoms with Gasteiger partial charge in [0.15, 0.2) is 0 Å². The second kappa shape index (κ2) is 5.06. The van der Waals surface area contributed by atoms with Crippen molar-refractivity contribution in [2.75, 3.05) is 12.3 Å². The first-order valence-corrected chi connectivity index (χ1v) is 5.81. The Labute approximate surface area is 105 Å². The van der Waals surface area contributed by atoms with Crippen molar-refractivity contribution in [2.24, 2.45) is 0 Å². The first-order chi connectivity index (χ1) is 8.63. The van der Waals surface area contributed by atoms with Gasteiger partial charge in [-0.05, 0) is 36.8 Å². The number of nitrogen functional groups attached to an aromatic ring is 1. The number of aliphatic hydroxyl groups is 1. The molecular weight excluding hydrogens is 228 g/mol. The summed E-state index contributed by atoms with van der Waals surface area (Å²) in [5, 5.41) is 8.93. The van der Waals surface area contributed by atoms with E-state index in [-0.39, 0.29) is 12.2 Å². The van der Waals surface area contributed by atoms with E-state index in [1.165, 1.54) is 0 Å². The highest BCUT2D eigenvalue weighted by atomic mass is 16.3. The van der Waals surface area contributed by atoms with E-state index >= 15 is 0 Å². The van der Waals surface area contributed by atoms with Crippen LogP contribution in [0.4, 0.5) is 5.69 Å². The third kappa shape index (κ3) is 2.28. The summed E-state index contributed by atoms with van der Waals surface area (Å²) >= 11 is 0. The van der Waals surface area contributed by atoms with Crippen LogP contribution >= 0.6 is 0 Å². The van der Waals surface area contributed by atoms with Gasteiger partial charge in [0, 0.05) is 30.5 Å². The van der Waals surface area contributed by atoms with Crippen molar-refractivity contribution in [2.45, 2.75) is 13.3 Å². The van der Waals surface area contributed by atoms with E-state index < -0.39 is 0 Å². The molecule has 0 radical (unpaired) electrons. The second-order valence-corrected chi connectivity index (χ2v) is 4.23. The van der Waals surface area contributed by atoms with E-state index in [9.17, 15) is 4.79 Å². The van der Waals surface area contributed by atoms with E-state index in [4.69, 9.17) is 10.8 Å². The van der Waals surface area contributed by atoms with Crippen LogP contribution in [0.25, 0.3) is 5.69 Å². The topological polar surface area (TPSA) is 68.2 Å². The van der Waals surface area contributed by atoms with Crippen LogP contribution in [-0.4, -0.2) is 16.3 Å². The molecule has 0 fully saturated rings. The number of nitrogens with two attached hydrogens (primary N) is 1. The molecule has 1 aromatic carbocycles. The average Bonchev–Trinajstić information content (AvgIpc) is 2.33. The molecule has 0 aliphatic rings. The van der Waals surface area contributed by atoms with Gasteiger partial charge in [0.05, 0.1) is 5.69 Å². The fourth-order valence-electron chi connectivity index (χ4n) is 1.99. The van der Waals surface area contributed by atoms with Gasteiger partial charge in [0.2, 0.25) is 0 Å². The predicted octanol–water partition coefficient (Wildman–Crippen LogP) is 1.26. The van der Waals surface area contributed by atoms with Gasteiger partial charge < -0.3 is 10.8 Å². The number of aryl methyl sites for hydroxylation is 1. The molecule has 2 aromatic rings. The standard InChI is InChI=1S/C14H16N2O2/c1-10-9-12(15)4-5-13(10)16-7-2-3-11(6-8-17)14(16)18/h2-5,7,9,17H,6,8,15H2,1H3. The lowest BCUT2D eigenvalue weighted by Gasteiger charge is -2.11. The Balaban J connectivity index is 2.57. The van der Waals surface area contributed by atoms with Crippen LogP contribution in [0.5, 0.6) is 0 Å². The van der Waals surface area contributed by atoms with Crippen molar-refractivity contribution in [3.8, 4) is 5.69 Å². The van der Waals surface area contributed by atoms with Gasteiger partial charge >= 0.3 is 0 Å². The predicted molar refractivity (Wildman–Crippen MR) is 72.0 cm³/mol. The molecule has 18 heavy (non-hydrogen) atoms. The van der Waals surface area contributed by atoms with Gasteiger partial charge in [-0.15, -0.1) is 0 Å². The maximum absolute atomic E-state index is 12.2. The molecule has 0 aliphatic carbocycles. The fourth-order valence-corrected chi connectivity index (χ4v) is 1.99. The number of aliphatic hydroxyl groups excluding tert-OH is 1. The molecule has 2 rings (SSSR count).